The Morgan fingerprint density at radius 3 is 2.72 bits per heavy atom. The third-order valence-electron chi connectivity index (χ3n) is 5.32. The van der Waals surface area contributed by atoms with Crippen molar-refractivity contribution in [2.24, 2.45) is 4.99 Å². The number of nitrogens with one attached hydrogen (secondary N) is 2. The lowest BCUT2D eigenvalue weighted by molar-refractivity contribution is 0.0168. The van der Waals surface area contributed by atoms with E-state index in [1.807, 2.05) is 12.1 Å². The van der Waals surface area contributed by atoms with Crippen LogP contribution in [-0.4, -0.2) is 57.4 Å². The van der Waals surface area contributed by atoms with Crippen molar-refractivity contribution in [3.63, 3.8) is 0 Å². The highest BCUT2D eigenvalue weighted by Crippen LogP contribution is 2.14. The number of ether oxygens (including phenoxy) is 2. The molecule has 3 rings (SSSR count). The maximum atomic E-state index is 5.72. The van der Waals surface area contributed by atoms with Crippen LogP contribution in [0.25, 0.3) is 0 Å². The number of aliphatic imine (C=N–C) groups is 1. The van der Waals surface area contributed by atoms with Gasteiger partial charge in [0, 0.05) is 39.9 Å². The lowest BCUT2D eigenvalue weighted by Gasteiger charge is -2.19. The second-order valence-electron chi connectivity index (χ2n) is 7.94. The minimum atomic E-state index is 0. The molecule has 1 aliphatic rings. The van der Waals surface area contributed by atoms with E-state index in [0.29, 0.717) is 12.7 Å². The molecule has 1 fully saturated rings. The molecule has 1 aromatic heterocycles. The Kier molecular flexibility index (Phi) is 12.7. The quantitative estimate of drug-likeness (QED) is 0.180. The van der Waals surface area contributed by atoms with E-state index in [2.05, 4.69) is 51.8 Å². The van der Waals surface area contributed by atoms with Gasteiger partial charge < -0.3 is 24.5 Å². The van der Waals surface area contributed by atoms with Gasteiger partial charge in [0.2, 0.25) is 0 Å². The number of hydrogen-bond donors (Lipinski definition) is 2. The molecule has 0 amide bonds. The van der Waals surface area contributed by atoms with Gasteiger partial charge in [0.25, 0.3) is 0 Å². The lowest BCUT2D eigenvalue weighted by Crippen LogP contribution is -2.37. The fourth-order valence-electron chi connectivity index (χ4n) is 3.67. The molecule has 7 nitrogen and oxygen atoms in total. The van der Waals surface area contributed by atoms with Crippen molar-refractivity contribution in [1.29, 1.82) is 0 Å². The molecule has 1 aliphatic heterocycles. The fraction of sp³-hybridized carbons (Fsp3) is 0.542. The predicted molar refractivity (Wildman–Crippen MR) is 138 cm³/mol. The van der Waals surface area contributed by atoms with Crippen molar-refractivity contribution in [3.8, 4) is 0 Å². The molecule has 0 radical (unpaired) electrons. The summed E-state index contributed by atoms with van der Waals surface area (Å²) in [4.78, 5) is 6.59. The highest BCUT2D eigenvalue weighted by Gasteiger charge is 2.15. The van der Waals surface area contributed by atoms with Gasteiger partial charge in [0.15, 0.2) is 5.96 Å². The first kappa shape index (κ1) is 26.6. The molecule has 2 N–H and O–H groups in total. The Morgan fingerprint density at radius 1 is 1.16 bits per heavy atom. The zero-order valence-electron chi connectivity index (χ0n) is 19.2. The van der Waals surface area contributed by atoms with E-state index in [4.69, 9.17) is 13.9 Å². The third-order valence-corrected chi connectivity index (χ3v) is 5.32. The molecule has 1 aromatic carbocycles. The van der Waals surface area contributed by atoms with Crippen LogP contribution in [0.4, 0.5) is 0 Å². The van der Waals surface area contributed by atoms with E-state index in [9.17, 15) is 0 Å². The van der Waals surface area contributed by atoms with Gasteiger partial charge >= 0.3 is 0 Å². The molecule has 8 heteroatoms. The summed E-state index contributed by atoms with van der Waals surface area (Å²) < 4.78 is 16.7. The van der Waals surface area contributed by atoms with Gasteiger partial charge in [-0.2, -0.15) is 0 Å². The molecule has 178 valence electrons. The molecule has 32 heavy (non-hydrogen) atoms. The molecule has 1 saturated heterocycles. The lowest BCUT2D eigenvalue weighted by atomic mass is 10.1. The molecular formula is C24H37IN4O3. The van der Waals surface area contributed by atoms with Gasteiger partial charge in [0.05, 0.1) is 25.5 Å². The Labute approximate surface area is 209 Å². The van der Waals surface area contributed by atoms with Crippen LogP contribution in [0, 0.1) is 0 Å². The van der Waals surface area contributed by atoms with Crippen LogP contribution in [-0.2, 0) is 29.1 Å². The summed E-state index contributed by atoms with van der Waals surface area (Å²) >= 11 is 0. The normalized spacial score (nSPS) is 16.2. The molecule has 2 heterocycles. The van der Waals surface area contributed by atoms with Gasteiger partial charge in [-0.3, -0.25) is 9.89 Å². The minimum absolute atomic E-state index is 0. The van der Waals surface area contributed by atoms with Gasteiger partial charge in [-0.25, -0.2) is 0 Å². The Morgan fingerprint density at radius 2 is 2.00 bits per heavy atom. The van der Waals surface area contributed by atoms with Crippen molar-refractivity contribution in [3.05, 3.63) is 59.5 Å². The predicted octanol–water partition coefficient (Wildman–Crippen LogP) is 3.78. The number of hydrogen-bond acceptors (Lipinski definition) is 5. The summed E-state index contributed by atoms with van der Waals surface area (Å²) in [6, 6.07) is 12.4. The summed E-state index contributed by atoms with van der Waals surface area (Å²) in [5.74, 6) is 1.78. The highest BCUT2D eigenvalue weighted by molar-refractivity contribution is 14.0. The molecule has 0 aliphatic carbocycles. The first-order valence-electron chi connectivity index (χ1n) is 11.2. The number of furan rings is 1. The molecule has 2 aromatic rings. The molecule has 1 atom stereocenters. The Hall–Kier alpha value is -1.62. The van der Waals surface area contributed by atoms with Crippen LogP contribution in [0.5, 0.6) is 0 Å². The zero-order valence-corrected chi connectivity index (χ0v) is 21.5. The SMILES string of the molecule is CN=C(NCCCOCC1CCCO1)NCc1ccccc1CN(C)Cc1ccco1.I. The van der Waals surface area contributed by atoms with Crippen LogP contribution in [0.1, 0.15) is 36.1 Å². The zero-order chi connectivity index (χ0) is 21.7. The van der Waals surface area contributed by atoms with Crippen LogP contribution in [0.15, 0.2) is 52.1 Å². The summed E-state index contributed by atoms with van der Waals surface area (Å²) in [5, 5.41) is 6.78. The molecule has 0 bridgehead atoms. The average molecular weight is 556 g/mol. The van der Waals surface area contributed by atoms with E-state index >= 15 is 0 Å². The summed E-state index contributed by atoms with van der Waals surface area (Å²) in [6.45, 7) is 5.49. The smallest absolute Gasteiger partial charge is 0.191 e. The third kappa shape index (κ3) is 9.48. The maximum absolute atomic E-state index is 5.72. The fourth-order valence-corrected chi connectivity index (χ4v) is 3.67. The van der Waals surface area contributed by atoms with E-state index in [-0.39, 0.29) is 24.0 Å². The standard InChI is InChI=1S/C24H36N4O3.HI/c1-25-24(26-12-7-13-29-19-23-11-6-15-31-23)27-16-20-8-3-4-9-21(20)17-28(2)18-22-10-5-14-30-22;/h3-5,8-10,14,23H,6-7,11-13,15-19H2,1-2H3,(H2,25,26,27);1H. The highest BCUT2D eigenvalue weighted by atomic mass is 127. The average Bonchev–Trinajstić information content (AvgIpc) is 3.48. The molecular weight excluding hydrogens is 519 g/mol. The number of nitrogens with zero attached hydrogens (tertiary/aromatic N) is 2. The molecule has 0 saturated carbocycles. The van der Waals surface area contributed by atoms with Crippen LogP contribution in [0.3, 0.4) is 0 Å². The first-order valence-corrected chi connectivity index (χ1v) is 11.2. The van der Waals surface area contributed by atoms with Gasteiger partial charge in [-0.1, -0.05) is 24.3 Å². The topological polar surface area (TPSA) is 71.3 Å². The van der Waals surface area contributed by atoms with E-state index < -0.39 is 0 Å². The Balaban J connectivity index is 0.00000363. The van der Waals surface area contributed by atoms with Crippen molar-refractivity contribution >= 4 is 29.9 Å². The van der Waals surface area contributed by atoms with Gasteiger partial charge in [0.1, 0.15) is 5.76 Å². The van der Waals surface area contributed by atoms with Gasteiger partial charge in [-0.15, -0.1) is 24.0 Å². The van der Waals surface area contributed by atoms with Crippen molar-refractivity contribution in [1.82, 2.24) is 15.5 Å². The first-order chi connectivity index (χ1) is 15.2. The van der Waals surface area contributed by atoms with E-state index in [0.717, 1.165) is 70.4 Å². The minimum Gasteiger partial charge on any atom is -0.468 e. The maximum Gasteiger partial charge on any atom is 0.191 e. The van der Waals surface area contributed by atoms with Crippen molar-refractivity contribution in [2.75, 3.05) is 40.5 Å². The number of rotatable bonds is 12. The van der Waals surface area contributed by atoms with E-state index in [1.54, 1.807) is 13.3 Å². The van der Waals surface area contributed by atoms with Gasteiger partial charge in [-0.05, 0) is 49.6 Å². The summed E-state index contributed by atoms with van der Waals surface area (Å²) in [7, 11) is 3.90. The Bertz CT molecular complexity index is 779. The van der Waals surface area contributed by atoms with Crippen molar-refractivity contribution in [2.45, 2.75) is 45.0 Å². The molecule has 0 spiro atoms. The van der Waals surface area contributed by atoms with E-state index in [1.165, 1.54) is 11.1 Å². The second-order valence-corrected chi connectivity index (χ2v) is 7.94. The summed E-state index contributed by atoms with van der Waals surface area (Å²) in [5.41, 5.74) is 2.55. The summed E-state index contributed by atoms with van der Waals surface area (Å²) in [6.07, 6.45) is 5.22. The van der Waals surface area contributed by atoms with Crippen LogP contribution in [0.2, 0.25) is 0 Å². The number of guanidine groups is 1. The number of benzene rings is 1. The number of halogens is 1. The van der Waals surface area contributed by atoms with Crippen LogP contribution < -0.4 is 10.6 Å². The van der Waals surface area contributed by atoms with Crippen LogP contribution >= 0.6 is 24.0 Å². The largest absolute Gasteiger partial charge is 0.468 e. The monoisotopic (exact) mass is 556 g/mol. The second kappa shape index (κ2) is 15.3. The molecule has 1 unspecified atom stereocenters. The van der Waals surface area contributed by atoms with Crippen molar-refractivity contribution < 1.29 is 13.9 Å².